The zero-order chi connectivity index (χ0) is 13.8. The van der Waals surface area contributed by atoms with E-state index in [0.29, 0.717) is 19.4 Å². The molecule has 0 unspecified atom stereocenters. The molecular formula is C13H19N3O2S. The summed E-state index contributed by atoms with van der Waals surface area (Å²) in [5.41, 5.74) is 0. The van der Waals surface area contributed by atoms with Gasteiger partial charge < -0.3 is 15.5 Å². The van der Waals surface area contributed by atoms with Gasteiger partial charge in [-0.1, -0.05) is 6.07 Å². The molecule has 1 aromatic heterocycles. The van der Waals surface area contributed by atoms with Crippen molar-refractivity contribution in [2.45, 2.75) is 24.9 Å². The molecule has 0 aliphatic carbocycles. The Labute approximate surface area is 117 Å². The van der Waals surface area contributed by atoms with Crippen molar-refractivity contribution in [3.63, 3.8) is 0 Å². The second-order valence-electron chi connectivity index (χ2n) is 4.90. The summed E-state index contributed by atoms with van der Waals surface area (Å²) in [6.07, 6.45) is 1.04. The van der Waals surface area contributed by atoms with Crippen LogP contribution in [0.4, 0.5) is 0 Å². The summed E-state index contributed by atoms with van der Waals surface area (Å²) in [4.78, 5) is 26.3. The normalized spacial score (nSPS) is 20.4. The molecule has 2 rings (SSSR count). The van der Waals surface area contributed by atoms with Crippen LogP contribution in [0.3, 0.4) is 0 Å². The van der Waals surface area contributed by atoms with E-state index in [1.807, 2.05) is 25.5 Å². The van der Waals surface area contributed by atoms with E-state index in [4.69, 9.17) is 0 Å². The van der Waals surface area contributed by atoms with Gasteiger partial charge in [0.1, 0.15) is 6.04 Å². The van der Waals surface area contributed by atoms with E-state index in [1.54, 1.807) is 11.3 Å². The van der Waals surface area contributed by atoms with Gasteiger partial charge in [-0.25, -0.2) is 0 Å². The van der Waals surface area contributed by atoms with Crippen LogP contribution in [0.1, 0.15) is 23.8 Å². The summed E-state index contributed by atoms with van der Waals surface area (Å²) in [6.45, 7) is 0.554. The van der Waals surface area contributed by atoms with Crippen LogP contribution in [0.25, 0.3) is 0 Å². The van der Waals surface area contributed by atoms with Crippen molar-refractivity contribution in [3.8, 4) is 0 Å². The lowest BCUT2D eigenvalue weighted by Crippen LogP contribution is -2.44. The van der Waals surface area contributed by atoms with E-state index in [-0.39, 0.29) is 23.9 Å². The molecule has 19 heavy (non-hydrogen) atoms. The molecule has 1 saturated heterocycles. The lowest BCUT2D eigenvalue weighted by Gasteiger charge is -2.24. The Bertz CT molecular complexity index is 445. The summed E-state index contributed by atoms with van der Waals surface area (Å²) in [6, 6.07) is 3.88. The van der Waals surface area contributed by atoms with Crippen LogP contribution in [-0.4, -0.2) is 43.4 Å². The Kier molecular flexibility index (Phi) is 4.55. The Morgan fingerprint density at radius 2 is 2.42 bits per heavy atom. The molecule has 5 nitrogen and oxygen atoms in total. The average Bonchev–Trinajstić information content (AvgIpc) is 3.00. The van der Waals surface area contributed by atoms with E-state index in [1.165, 1.54) is 4.88 Å². The van der Waals surface area contributed by atoms with Crippen LogP contribution in [0, 0.1) is 0 Å². The number of nitrogens with zero attached hydrogens (tertiary/aromatic N) is 1. The lowest BCUT2D eigenvalue weighted by molar-refractivity contribution is -0.125. The molecule has 2 N–H and O–H groups in total. The van der Waals surface area contributed by atoms with Gasteiger partial charge in [-0.15, -0.1) is 11.3 Å². The van der Waals surface area contributed by atoms with Gasteiger partial charge in [-0.3, -0.25) is 9.59 Å². The van der Waals surface area contributed by atoms with Crippen LogP contribution in [0.5, 0.6) is 0 Å². The zero-order valence-corrected chi connectivity index (χ0v) is 12.0. The van der Waals surface area contributed by atoms with E-state index in [2.05, 4.69) is 21.6 Å². The number of carbonyl (C=O) groups is 2. The third-order valence-corrected chi connectivity index (χ3v) is 4.25. The summed E-state index contributed by atoms with van der Waals surface area (Å²) < 4.78 is 0. The first-order valence-electron chi connectivity index (χ1n) is 6.35. The molecule has 0 spiro atoms. The van der Waals surface area contributed by atoms with Crippen molar-refractivity contribution in [3.05, 3.63) is 22.4 Å². The topological polar surface area (TPSA) is 61.4 Å². The Morgan fingerprint density at radius 3 is 2.95 bits per heavy atom. The standard InChI is InChI=1S/C13H19N3O2S/c1-16(2)10(11-4-3-7-19-11)8-14-13(18)9-5-6-12(17)15-9/h3-4,7,9-10H,5-6,8H2,1-2H3,(H,14,18)(H,15,17)/t9-,10-/m0/s1. The molecule has 1 aromatic rings. The highest BCUT2D eigenvalue weighted by Gasteiger charge is 2.27. The minimum absolute atomic E-state index is 0.0393. The molecule has 0 radical (unpaired) electrons. The molecule has 1 fully saturated rings. The first kappa shape index (κ1) is 14.0. The molecule has 1 aliphatic rings. The number of amides is 2. The van der Waals surface area contributed by atoms with Crippen LogP contribution in [0.2, 0.25) is 0 Å². The van der Waals surface area contributed by atoms with Crippen molar-refractivity contribution >= 4 is 23.2 Å². The maximum absolute atomic E-state index is 11.9. The fourth-order valence-electron chi connectivity index (χ4n) is 2.15. The molecule has 0 bridgehead atoms. The highest BCUT2D eigenvalue weighted by Crippen LogP contribution is 2.22. The maximum atomic E-state index is 11.9. The molecule has 6 heteroatoms. The largest absolute Gasteiger partial charge is 0.352 e. The molecule has 2 atom stereocenters. The predicted molar refractivity (Wildman–Crippen MR) is 74.9 cm³/mol. The highest BCUT2D eigenvalue weighted by atomic mass is 32.1. The van der Waals surface area contributed by atoms with Crippen molar-refractivity contribution in [2.24, 2.45) is 0 Å². The van der Waals surface area contributed by atoms with Gasteiger partial charge in [0.25, 0.3) is 0 Å². The number of likely N-dealkylation sites (N-methyl/N-ethyl adjacent to an activating group) is 1. The quantitative estimate of drug-likeness (QED) is 0.837. The number of carbonyl (C=O) groups excluding carboxylic acids is 2. The average molecular weight is 281 g/mol. The van der Waals surface area contributed by atoms with Crippen LogP contribution in [0.15, 0.2) is 17.5 Å². The number of rotatable bonds is 5. The van der Waals surface area contributed by atoms with E-state index < -0.39 is 0 Å². The fourth-order valence-corrected chi connectivity index (χ4v) is 3.07. The summed E-state index contributed by atoms with van der Waals surface area (Å²) in [7, 11) is 3.99. The Hall–Kier alpha value is -1.40. The van der Waals surface area contributed by atoms with Crippen LogP contribution < -0.4 is 10.6 Å². The highest BCUT2D eigenvalue weighted by molar-refractivity contribution is 7.10. The molecule has 1 aliphatic heterocycles. The number of thiophene rings is 1. The summed E-state index contributed by atoms with van der Waals surface area (Å²) in [5.74, 6) is -0.128. The minimum atomic E-state index is -0.362. The molecule has 2 amide bonds. The molecule has 0 saturated carbocycles. The van der Waals surface area contributed by atoms with Gasteiger partial charge in [-0.05, 0) is 32.0 Å². The van der Waals surface area contributed by atoms with E-state index in [9.17, 15) is 9.59 Å². The van der Waals surface area contributed by atoms with Gasteiger partial charge in [0.05, 0.1) is 6.04 Å². The van der Waals surface area contributed by atoms with Crippen LogP contribution in [-0.2, 0) is 9.59 Å². The zero-order valence-electron chi connectivity index (χ0n) is 11.2. The molecular weight excluding hydrogens is 262 g/mol. The Morgan fingerprint density at radius 1 is 1.63 bits per heavy atom. The lowest BCUT2D eigenvalue weighted by atomic mass is 10.2. The number of nitrogens with one attached hydrogen (secondary N) is 2. The summed E-state index contributed by atoms with van der Waals surface area (Å²) in [5, 5.41) is 7.64. The monoisotopic (exact) mass is 281 g/mol. The third-order valence-electron chi connectivity index (χ3n) is 3.28. The first-order chi connectivity index (χ1) is 9.08. The molecule has 2 heterocycles. The van der Waals surface area contributed by atoms with Gasteiger partial charge in [0.15, 0.2) is 0 Å². The predicted octanol–water partition coefficient (Wildman–Crippen LogP) is 0.746. The second-order valence-corrected chi connectivity index (χ2v) is 5.88. The SMILES string of the molecule is CN(C)[C@@H](CNC(=O)[C@@H]1CCC(=O)N1)c1cccs1. The summed E-state index contributed by atoms with van der Waals surface area (Å²) >= 11 is 1.68. The molecule has 104 valence electrons. The second kappa shape index (κ2) is 6.16. The number of hydrogen-bond acceptors (Lipinski definition) is 4. The van der Waals surface area contributed by atoms with Gasteiger partial charge >= 0.3 is 0 Å². The Balaban J connectivity index is 1.89. The van der Waals surface area contributed by atoms with E-state index in [0.717, 1.165) is 0 Å². The fraction of sp³-hybridized carbons (Fsp3) is 0.538. The maximum Gasteiger partial charge on any atom is 0.242 e. The van der Waals surface area contributed by atoms with Crippen molar-refractivity contribution < 1.29 is 9.59 Å². The van der Waals surface area contributed by atoms with Crippen molar-refractivity contribution in [1.29, 1.82) is 0 Å². The first-order valence-corrected chi connectivity index (χ1v) is 7.23. The number of hydrogen-bond donors (Lipinski definition) is 2. The van der Waals surface area contributed by atoms with Crippen molar-refractivity contribution in [1.82, 2.24) is 15.5 Å². The smallest absolute Gasteiger partial charge is 0.242 e. The molecule has 0 aromatic carbocycles. The van der Waals surface area contributed by atoms with Crippen LogP contribution >= 0.6 is 11.3 Å². The van der Waals surface area contributed by atoms with Gasteiger partial charge in [0.2, 0.25) is 11.8 Å². The van der Waals surface area contributed by atoms with Gasteiger partial charge in [-0.2, -0.15) is 0 Å². The minimum Gasteiger partial charge on any atom is -0.352 e. The third kappa shape index (κ3) is 3.54. The van der Waals surface area contributed by atoms with Gasteiger partial charge in [0, 0.05) is 17.8 Å². The van der Waals surface area contributed by atoms with E-state index >= 15 is 0 Å². The van der Waals surface area contributed by atoms with Crippen molar-refractivity contribution in [2.75, 3.05) is 20.6 Å².